The maximum atomic E-state index is 13.7. The highest BCUT2D eigenvalue weighted by Gasteiger charge is 2.15. The summed E-state index contributed by atoms with van der Waals surface area (Å²) in [6.45, 7) is 3.55. The fraction of sp³-hybridized carbons (Fsp3) is 0.188. The molecule has 0 unspecified atom stereocenters. The molecule has 0 spiro atoms. The molecule has 1 amide bonds. The van der Waals surface area contributed by atoms with Gasteiger partial charge in [-0.3, -0.25) is 4.79 Å². The molecule has 0 aromatic heterocycles. The highest BCUT2D eigenvalue weighted by Crippen LogP contribution is 2.20. The normalized spacial score (nSPS) is 10.5. The molecule has 0 bridgehead atoms. The molecule has 0 atom stereocenters. The van der Waals surface area contributed by atoms with Gasteiger partial charge < -0.3 is 5.32 Å². The minimum Gasteiger partial charge on any atom is -0.348 e. The molecule has 0 aliphatic carbocycles. The largest absolute Gasteiger partial charge is 0.348 e. The van der Waals surface area contributed by atoms with Gasteiger partial charge in [-0.1, -0.05) is 18.2 Å². The Kier molecular flexibility index (Phi) is 4.73. The van der Waals surface area contributed by atoms with Gasteiger partial charge in [0, 0.05) is 11.0 Å². The van der Waals surface area contributed by atoms with Gasteiger partial charge in [-0.2, -0.15) is 0 Å². The van der Waals surface area contributed by atoms with Crippen LogP contribution >= 0.6 is 15.9 Å². The molecule has 2 aromatic rings. The first-order chi connectivity index (χ1) is 9.90. The minimum atomic E-state index is -0.589. The van der Waals surface area contributed by atoms with Gasteiger partial charge in [-0.15, -0.1) is 0 Å². The van der Waals surface area contributed by atoms with Crippen LogP contribution in [0.5, 0.6) is 0 Å². The maximum absolute atomic E-state index is 13.7. The lowest BCUT2D eigenvalue weighted by molar-refractivity contribution is 0.0946. The third-order valence-corrected chi connectivity index (χ3v) is 3.80. The first-order valence-corrected chi connectivity index (χ1v) is 7.17. The molecule has 0 aliphatic heterocycles. The van der Waals surface area contributed by atoms with E-state index in [0.29, 0.717) is 15.6 Å². The van der Waals surface area contributed by atoms with Crippen LogP contribution in [0.25, 0.3) is 0 Å². The summed E-state index contributed by atoms with van der Waals surface area (Å²) < 4.78 is 27.6. The first kappa shape index (κ1) is 15.6. The molecule has 110 valence electrons. The molecule has 0 heterocycles. The molecule has 2 aromatic carbocycles. The van der Waals surface area contributed by atoms with Crippen LogP contribution in [-0.4, -0.2) is 5.91 Å². The Labute approximate surface area is 130 Å². The van der Waals surface area contributed by atoms with Crippen molar-refractivity contribution in [1.29, 1.82) is 0 Å². The molecule has 0 saturated heterocycles. The van der Waals surface area contributed by atoms with Crippen LogP contribution in [0.1, 0.15) is 27.0 Å². The zero-order valence-corrected chi connectivity index (χ0v) is 13.2. The number of aryl methyl sites for hydroxylation is 2. The van der Waals surface area contributed by atoms with Gasteiger partial charge >= 0.3 is 0 Å². The highest BCUT2D eigenvalue weighted by molar-refractivity contribution is 9.10. The van der Waals surface area contributed by atoms with Gasteiger partial charge in [-0.05, 0) is 58.6 Å². The maximum Gasteiger partial charge on any atom is 0.255 e. The number of benzene rings is 2. The Hall–Kier alpha value is -1.75. The lowest BCUT2D eigenvalue weighted by atomic mass is 10.1. The van der Waals surface area contributed by atoms with E-state index in [-0.39, 0.29) is 17.9 Å². The van der Waals surface area contributed by atoms with Gasteiger partial charge in [0.15, 0.2) is 0 Å². The van der Waals surface area contributed by atoms with Crippen molar-refractivity contribution < 1.29 is 13.6 Å². The average Bonchev–Trinajstić information content (AvgIpc) is 2.42. The molecule has 21 heavy (non-hydrogen) atoms. The van der Waals surface area contributed by atoms with Crippen LogP contribution in [0.15, 0.2) is 34.8 Å². The summed E-state index contributed by atoms with van der Waals surface area (Å²) in [5.41, 5.74) is 1.78. The van der Waals surface area contributed by atoms with Crippen LogP contribution in [0.4, 0.5) is 8.78 Å². The second-order valence-electron chi connectivity index (χ2n) is 4.82. The van der Waals surface area contributed by atoms with E-state index in [1.54, 1.807) is 32.0 Å². The quantitative estimate of drug-likeness (QED) is 0.876. The number of amides is 1. The molecule has 0 fully saturated rings. The average molecular weight is 354 g/mol. The monoisotopic (exact) mass is 353 g/mol. The van der Waals surface area contributed by atoms with E-state index in [9.17, 15) is 13.6 Å². The molecule has 2 rings (SSSR count). The van der Waals surface area contributed by atoms with Crippen molar-refractivity contribution in [3.63, 3.8) is 0 Å². The Morgan fingerprint density at radius 2 is 1.81 bits per heavy atom. The molecule has 0 aliphatic rings. The number of hydrogen-bond donors (Lipinski definition) is 1. The summed E-state index contributed by atoms with van der Waals surface area (Å²) >= 11 is 3.16. The Bertz CT molecular complexity index is 657. The van der Waals surface area contributed by atoms with E-state index in [4.69, 9.17) is 0 Å². The van der Waals surface area contributed by atoms with Crippen LogP contribution in [0.3, 0.4) is 0 Å². The lowest BCUT2D eigenvalue weighted by Gasteiger charge is -2.10. The number of hydrogen-bond acceptors (Lipinski definition) is 1. The summed E-state index contributed by atoms with van der Waals surface area (Å²) in [5, 5.41) is 2.64. The predicted octanol–water partition coefficient (Wildman–Crippen LogP) is 4.27. The second kappa shape index (κ2) is 6.35. The van der Waals surface area contributed by atoms with Crippen molar-refractivity contribution in [1.82, 2.24) is 5.32 Å². The predicted molar refractivity (Wildman–Crippen MR) is 81.1 cm³/mol. The van der Waals surface area contributed by atoms with Crippen molar-refractivity contribution in [2.75, 3.05) is 0 Å². The molecule has 1 N–H and O–H groups in total. The molecular weight excluding hydrogens is 340 g/mol. The van der Waals surface area contributed by atoms with E-state index in [1.807, 2.05) is 0 Å². The van der Waals surface area contributed by atoms with Gasteiger partial charge in [0.25, 0.3) is 5.91 Å². The summed E-state index contributed by atoms with van der Waals surface area (Å²) in [6, 6.07) is 7.68. The Balaban J connectivity index is 2.15. The van der Waals surface area contributed by atoms with E-state index >= 15 is 0 Å². The van der Waals surface area contributed by atoms with Crippen LogP contribution in [-0.2, 0) is 6.54 Å². The van der Waals surface area contributed by atoms with Crippen LogP contribution in [0, 0.1) is 25.5 Å². The number of halogens is 3. The first-order valence-electron chi connectivity index (χ1n) is 6.38. The van der Waals surface area contributed by atoms with E-state index < -0.39 is 11.7 Å². The molecule has 0 radical (unpaired) electrons. The van der Waals surface area contributed by atoms with Gasteiger partial charge in [0.2, 0.25) is 0 Å². The van der Waals surface area contributed by atoms with Crippen LogP contribution < -0.4 is 5.32 Å². The minimum absolute atomic E-state index is 0.0342. The van der Waals surface area contributed by atoms with Crippen molar-refractivity contribution in [2.45, 2.75) is 20.4 Å². The number of nitrogens with one attached hydrogen (secondary N) is 1. The molecule has 5 heteroatoms. The van der Waals surface area contributed by atoms with Gasteiger partial charge in [0.1, 0.15) is 11.6 Å². The number of rotatable bonds is 3. The third-order valence-electron chi connectivity index (χ3n) is 3.14. The summed E-state index contributed by atoms with van der Waals surface area (Å²) in [4.78, 5) is 12.0. The Morgan fingerprint density at radius 3 is 2.38 bits per heavy atom. The van der Waals surface area contributed by atoms with Crippen molar-refractivity contribution in [3.05, 3.63) is 68.7 Å². The fourth-order valence-corrected chi connectivity index (χ4v) is 2.65. The van der Waals surface area contributed by atoms with Crippen molar-refractivity contribution in [2.24, 2.45) is 0 Å². The molecular formula is C16H14BrF2NO. The number of carbonyl (C=O) groups is 1. The fourth-order valence-electron chi connectivity index (χ4n) is 2.12. The topological polar surface area (TPSA) is 29.1 Å². The summed E-state index contributed by atoms with van der Waals surface area (Å²) in [6.07, 6.45) is 0. The molecule has 0 saturated carbocycles. The van der Waals surface area contributed by atoms with E-state index in [0.717, 1.165) is 5.56 Å². The SMILES string of the molecule is Cc1cc(CNC(=O)c2c(F)cccc2Br)cc(C)c1F. The van der Waals surface area contributed by atoms with E-state index in [1.165, 1.54) is 12.1 Å². The highest BCUT2D eigenvalue weighted by atomic mass is 79.9. The zero-order valence-electron chi connectivity index (χ0n) is 11.6. The van der Waals surface area contributed by atoms with E-state index in [2.05, 4.69) is 21.2 Å². The second-order valence-corrected chi connectivity index (χ2v) is 5.68. The molecule has 2 nitrogen and oxygen atoms in total. The van der Waals surface area contributed by atoms with Gasteiger partial charge in [-0.25, -0.2) is 8.78 Å². The van der Waals surface area contributed by atoms with Crippen molar-refractivity contribution in [3.8, 4) is 0 Å². The lowest BCUT2D eigenvalue weighted by Crippen LogP contribution is -2.24. The summed E-state index contributed by atoms with van der Waals surface area (Å²) in [5.74, 6) is -1.35. The van der Waals surface area contributed by atoms with Gasteiger partial charge in [0.05, 0.1) is 5.56 Å². The standard InChI is InChI=1S/C16H14BrF2NO/c1-9-6-11(7-10(2)15(9)19)8-20-16(21)14-12(17)4-3-5-13(14)18/h3-7H,8H2,1-2H3,(H,20,21). The zero-order chi connectivity index (χ0) is 15.6. The van der Waals surface area contributed by atoms with Crippen LogP contribution in [0.2, 0.25) is 0 Å². The number of carbonyl (C=O) groups excluding carboxylic acids is 1. The Morgan fingerprint density at radius 1 is 1.19 bits per heavy atom. The smallest absolute Gasteiger partial charge is 0.255 e. The van der Waals surface area contributed by atoms with Crippen molar-refractivity contribution >= 4 is 21.8 Å². The third kappa shape index (κ3) is 3.47. The summed E-state index contributed by atoms with van der Waals surface area (Å²) in [7, 11) is 0.